The number of aromatic nitrogens is 2. The van der Waals surface area contributed by atoms with E-state index in [4.69, 9.17) is 0 Å². The molecule has 0 fully saturated rings. The quantitative estimate of drug-likeness (QED) is 0.852. The van der Waals surface area contributed by atoms with E-state index < -0.39 is 0 Å². The Morgan fingerprint density at radius 1 is 1.18 bits per heavy atom. The molecular formula is C14H25N3. The highest BCUT2D eigenvalue weighted by atomic mass is 15.0. The van der Waals surface area contributed by atoms with Crippen molar-refractivity contribution >= 4 is 0 Å². The summed E-state index contributed by atoms with van der Waals surface area (Å²) in [4.78, 5) is 8.80. The highest BCUT2D eigenvalue weighted by Crippen LogP contribution is 2.06. The summed E-state index contributed by atoms with van der Waals surface area (Å²) in [6, 6.07) is 0. The van der Waals surface area contributed by atoms with Crippen molar-refractivity contribution < 1.29 is 0 Å². The van der Waals surface area contributed by atoms with E-state index in [-0.39, 0.29) is 5.54 Å². The Bertz CT molecular complexity index is 322. The lowest BCUT2D eigenvalue weighted by Gasteiger charge is -2.20. The standard InChI is InChI=1S/C14H25N3/c1-11(2)6-7-13-15-8-12(9-16-13)10-17-14(3,4)5/h8-9,11,17H,6-7,10H2,1-5H3. The molecule has 0 amide bonds. The first-order valence-corrected chi connectivity index (χ1v) is 6.41. The molecule has 0 aromatic carbocycles. The summed E-state index contributed by atoms with van der Waals surface area (Å²) in [7, 11) is 0. The minimum atomic E-state index is 0.135. The van der Waals surface area contributed by atoms with E-state index >= 15 is 0 Å². The lowest BCUT2D eigenvalue weighted by Crippen LogP contribution is -2.35. The Labute approximate surface area is 105 Å². The van der Waals surface area contributed by atoms with Crippen LogP contribution >= 0.6 is 0 Å². The smallest absolute Gasteiger partial charge is 0.128 e. The van der Waals surface area contributed by atoms with Gasteiger partial charge in [0.25, 0.3) is 0 Å². The van der Waals surface area contributed by atoms with Gasteiger partial charge in [0.1, 0.15) is 5.82 Å². The van der Waals surface area contributed by atoms with Gasteiger partial charge in [-0.05, 0) is 33.1 Å². The van der Waals surface area contributed by atoms with Crippen LogP contribution in [0.2, 0.25) is 0 Å². The van der Waals surface area contributed by atoms with Crippen molar-refractivity contribution in [3.05, 3.63) is 23.8 Å². The molecule has 96 valence electrons. The summed E-state index contributed by atoms with van der Waals surface area (Å²) >= 11 is 0. The highest BCUT2D eigenvalue weighted by Gasteiger charge is 2.08. The van der Waals surface area contributed by atoms with Crippen LogP contribution in [0.25, 0.3) is 0 Å². The number of hydrogen-bond acceptors (Lipinski definition) is 3. The van der Waals surface area contributed by atoms with Crippen LogP contribution in [0.1, 0.15) is 52.4 Å². The Morgan fingerprint density at radius 3 is 2.24 bits per heavy atom. The van der Waals surface area contributed by atoms with Gasteiger partial charge in [-0.2, -0.15) is 0 Å². The van der Waals surface area contributed by atoms with Gasteiger partial charge in [-0.3, -0.25) is 0 Å². The molecule has 0 atom stereocenters. The number of nitrogens with one attached hydrogen (secondary N) is 1. The molecular weight excluding hydrogens is 210 g/mol. The lowest BCUT2D eigenvalue weighted by atomic mass is 10.1. The number of nitrogens with zero attached hydrogens (tertiary/aromatic N) is 2. The van der Waals surface area contributed by atoms with Gasteiger partial charge >= 0.3 is 0 Å². The number of aryl methyl sites for hydroxylation is 1. The molecule has 1 aromatic heterocycles. The minimum absolute atomic E-state index is 0.135. The van der Waals surface area contributed by atoms with Gasteiger partial charge in [-0.1, -0.05) is 13.8 Å². The van der Waals surface area contributed by atoms with E-state index in [1.807, 2.05) is 12.4 Å². The fourth-order valence-corrected chi connectivity index (χ4v) is 1.39. The number of hydrogen-bond donors (Lipinski definition) is 1. The first kappa shape index (κ1) is 14.1. The molecule has 1 rings (SSSR count). The molecule has 0 bridgehead atoms. The van der Waals surface area contributed by atoms with E-state index in [0.717, 1.165) is 30.8 Å². The van der Waals surface area contributed by atoms with E-state index in [1.165, 1.54) is 0 Å². The molecule has 1 heterocycles. The maximum absolute atomic E-state index is 4.40. The maximum Gasteiger partial charge on any atom is 0.128 e. The molecule has 3 nitrogen and oxygen atoms in total. The van der Waals surface area contributed by atoms with Crippen LogP contribution in [-0.2, 0) is 13.0 Å². The SMILES string of the molecule is CC(C)CCc1ncc(CNC(C)(C)C)cn1. The van der Waals surface area contributed by atoms with Crippen LogP contribution in [0.4, 0.5) is 0 Å². The Kier molecular flexibility index (Phi) is 5.06. The molecule has 3 heteroatoms. The monoisotopic (exact) mass is 235 g/mol. The van der Waals surface area contributed by atoms with Crippen LogP contribution < -0.4 is 5.32 Å². The third kappa shape index (κ3) is 6.37. The third-order valence-electron chi connectivity index (χ3n) is 2.53. The van der Waals surface area contributed by atoms with Crippen molar-refractivity contribution in [2.24, 2.45) is 5.92 Å². The zero-order chi connectivity index (χ0) is 12.9. The van der Waals surface area contributed by atoms with Crippen molar-refractivity contribution in [2.45, 2.75) is 59.5 Å². The summed E-state index contributed by atoms with van der Waals surface area (Å²) in [6.45, 7) is 11.7. The summed E-state index contributed by atoms with van der Waals surface area (Å²) < 4.78 is 0. The van der Waals surface area contributed by atoms with Gasteiger partial charge in [0.15, 0.2) is 0 Å². The topological polar surface area (TPSA) is 37.8 Å². The lowest BCUT2D eigenvalue weighted by molar-refractivity contribution is 0.423. The molecule has 0 radical (unpaired) electrons. The summed E-state index contributed by atoms with van der Waals surface area (Å²) in [5.74, 6) is 1.67. The molecule has 0 aliphatic rings. The molecule has 1 aromatic rings. The van der Waals surface area contributed by atoms with Crippen LogP contribution in [0.15, 0.2) is 12.4 Å². The average molecular weight is 235 g/mol. The summed E-state index contributed by atoms with van der Waals surface area (Å²) in [5, 5.41) is 3.43. The molecule has 0 unspecified atom stereocenters. The zero-order valence-electron chi connectivity index (χ0n) is 11.7. The van der Waals surface area contributed by atoms with Crippen LogP contribution in [0.5, 0.6) is 0 Å². The first-order chi connectivity index (χ1) is 7.87. The predicted molar refractivity (Wildman–Crippen MR) is 71.8 cm³/mol. The molecule has 0 saturated carbocycles. The molecule has 0 aliphatic carbocycles. The van der Waals surface area contributed by atoms with Gasteiger partial charge < -0.3 is 5.32 Å². The van der Waals surface area contributed by atoms with Gasteiger partial charge in [0.05, 0.1) is 0 Å². The van der Waals surface area contributed by atoms with Crippen molar-refractivity contribution in [3.8, 4) is 0 Å². The average Bonchev–Trinajstić information content (AvgIpc) is 2.24. The largest absolute Gasteiger partial charge is 0.308 e. The Morgan fingerprint density at radius 2 is 1.76 bits per heavy atom. The van der Waals surface area contributed by atoms with Crippen LogP contribution in [0, 0.1) is 5.92 Å². The third-order valence-corrected chi connectivity index (χ3v) is 2.53. The molecule has 1 N–H and O–H groups in total. The van der Waals surface area contributed by atoms with Crippen molar-refractivity contribution in [3.63, 3.8) is 0 Å². The van der Waals surface area contributed by atoms with E-state index in [2.05, 4.69) is 49.9 Å². The molecule has 0 spiro atoms. The second-order valence-corrected chi connectivity index (χ2v) is 6.04. The van der Waals surface area contributed by atoms with E-state index in [1.54, 1.807) is 0 Å². The van der Waals surface area contributed by atoms with Crippen molar-refractivity contribution in [1.29, 1.82) is 0 Å². The van der Waals surface area contributed by atoms with Gasteiger partial charge in [0, 0.05) is 36.5 Å². The normalized spacial score (nSPS) is 12.1. The zero-order valence-corrected chi connectivity index (χ0v) is 11.7. The molecule has 0 saturated heterocycles. The van der Waals surface area contributed by atoms with Gasteiger partial charge in [-0.15, -0.1) is 0 Å². The fraction of sp³-hybridized carbons (Fsp3) is 0.714. The van der Waals surface area contributed by atoms with Gasteiger partial charge in [0.2, 0.25) is 0 Å². The van der Waals surface area contributed by atoms with Crippen LogP contribution in [0.3, 0.4) is 0 Å². The predicted octanol–water partition coefficient (Wildman–Crippen LogP) is 2.95. The second-order valence-electron chi connectivity index (χ2n) is 6.04. The molecule has 17 heavy (non-hydrogen) atoms. The fourth-order valence-electron chi connectivity index (χ4n) is 1.39. The second kappa shape index (κ2) is 6.10. The molecule has 0 aliphatic heterocycles. The van der Waals surface area contributed by atoms with E-state index in [9.17, 15) is 0 Å². The Hall–Kier alpha value is -0.960. The minimum Gasteiger partial charge on any atom is -0.308 e. The van der Waals surface area contributed by atoms with Crippen molar-refractivity contribution in [1.82, 2.24) is 15.3 Å². The highest BCUT2D eigenvalue weighted by molar-refractivity contribution is 5.05. The van der Waals surface area contributed by atoms with E-state index in [0.29, 0.717) is 5.92 Å². The number of rotatable bonds is 5. The summed E-state index contributed by atoms with van der Waals surface area (Å²) in [5.41, 5.74) is 1.28. The van der Waals surface area contributed by atoms with Crippen LogP contribution in [-0.4, -0.2) is 15.5 Å². The first-order valence-electron chi connectivity index (χ1n) is 6.41. The summed E-state index contributed by atoms with van der Waals surface area (Å²) in [6.07, 6.45) is 5.99. The van der Waals surface area contributed by atoms with Gasteiger partial charge in [-0.25, -0.2) is 9.97 Å². The maximum atomic E-state index is 4.40. The van der Waals surface area contributed by atoms with Crippen molar-refractivity contribution in [2.75, 3.05) is 0 Å². The Balaban J connectivity index is 2.45.